The van der Waals surface area contributed by atoms with Crippen molar-refractivity contribution in [1.29, 1.82) is 0 Å². The molecule has 3 nitrogen and oxygen atoms in total. The van der Waals surface area contributed by atoms with Gasteiger partial charge in [-0.2, -0.15) is 0 Å². The molecule has 3 unspecified atom stereocenters. The van der Waals surface area contributed by atoms with Gasteiger partial charge in [-0.05, 0) is 6.92 Å². The smallest absolute Gasteiger partial charge is 0.187 e. The summed E-state index contributed by atoms with van der Waals surface area (Å²) < 4.78 is 10.0. The highest BCUT2D eigenvalue weighted by atomic mass is 16.7. The van der Waals surface area contributed by atoms with Crippen LogP contribution >= 0.6 is 0 Å². The molecular formula is C7H12O3. The van der Waals surface area contributed by atoms with E-state index in [9.17, 15) is 0 Å². The van der Waals surface area contributed by atoms with Crippen LogP contribution in [0.3, 0.4) is 0 Å². The van der Waals surface area contributed by atoms with E-state index >= 15 is 0 Å². The Morgan fingerprint density at radius 3 is 2.70 bits per heavy atom. The highest BCUT2D eigenvalue weighted by Gasteiger charge is 2.22. The number of rotatable bonds is 1. The molecule has 0 aromatic carbocycles. The van der Waals surface area contributed by atoms with Gasteiger partial charge in [-0.3, -0.25) is 0 Å². The van der Waals surface area contributed by atoms with Crippen LogP contribution in [0.25, 0.3) is 0 Å². The van der Waals surface area contributed by atoms with E-state index < -0.39 is 12.4 Å². The first-order chi connectivity index (χ1) is 4.74. The lowest BCUT2D eigenvalue weighted by molar-refractivity contribution is -0.186. The molecule has 10 heavy (non-hydrogen) atoms. The average Bonchev–Trinajstić information content (AvgIpc) is 1.94. The topological polar surface area (TPSA) is 38.7 Å². The molecule has 0 amide bonds. The molecule has 1 aliphatic heterocycles. The van der Waals surface area contributed by atoms with Crippen molar-refractivity contribution >= 4 is 0 Å². The summed E-state index contributed by atoms with van der Waals surface area (Å²) in [7, 11) is 1.51. The van der Waals surface area contributed by atoms with Gasteiger partial charge in [0.1, 0.15) is 6.10 Å². The third kappa shape index (κ3) is 1.56. The summed E-state index contributed by atoms with van der Waals surface area (Å²) in [5, 5.41) is 9.15. The van der Waals surface area contributed by atoms with E-state index in [-0.39, 0.29) is 6.10 Å². The lowest BCUT2D eigenvalue weighted by atomic mass is 10.2. The van der Waals surface area contributed by atoms with Crippen molar-refractivity contribution < 1.29 is 14.6 Å². The number of aliphatic hydroxyl groups excluding tert-OH is 1. The van der Waals surface area contributed by atoms with Gasteiger partial charge in [-0.25, -0.2) is 0 Å². The first-order valence-electron chi connectivity index (χ1n) is 3.28. The summed E-state index contributed by atoms with van der Waals surface area (Å²) in [6.45, 7) is 1.90. The molecule has 3 heteroatoms. The quantitative estimate of drug-likeness (QED) is 0.538. The van der Waals surface area contributed by atoms with E-state index in [1.165, 1.54) is 7.11 Å². The van der Waals surface area contributed by atoms with Gasteiger partial charge in [0.2, 0.25) is 0 Å². The van der Waals surface area contributed by atoms with E-state index in [0.717, 1.165) is 0 Å². The molecule has 0 saturated heterocycles. The Bertz CT molecular complexity index is 133. The maximum Gasteiger partial charge on any atom is 0.187 e. The fourth-order valence-corrected chi connectivity index (χ4v) is 0.893. The van der Waals surface area contributed by atoms with Crippen molar-refractivity contribution in [2.24, 2.45) is 0 Å². The number of methoxy groups -OCH3 is 1. The fourth-order valence-electron chi connectivity index (χ4n) is 0.893. The van der Waals surface area contributed by atoms with Crippen LogP contribution in [0.2, 0.25) is 0 Å². The van der Waals surface area contributed by atoms with Gasteiger partial charge < -0.3 is 14.6 Å². The molecule has 0 radical (unpaired) electrons. The Kier molecular flexibility index (Phi) is 2.43. The van der Waals surface area contributed by atoms with Crippen molar-refractivity contribution in [1.82, 2.24) is 0 Å². The first kappa shape index (κ1) is 7.72. The summed E-state index contributed by atoms with van der Waals surface area (Å²) in [5.41, 5.74) is 0. The maximum absolute atomic E-state index is 9.15. The van der Waals surface area contributed by atoms with Gasteiger partial charge in [-0.15, -0.1) is 0 Å². The lowest BCUT2D eigenvalue weighted by Gasteiger charge is -2.26. The summed E-state index contributed by atoms with van der Waals surface area (Å²) in [6.07, 6.45) is 2.40. The van der Waals surface area contributed by atoms with Gasteiger partial charge >= 0.3 is 0 Å². The third-order valence-electron chi connectivity index (χ3n) is 1.44. The van der Waals surface area contributed by atoms with Gasteiger partial charge in [0.15, 0.2) is 6.29 Å². The highest BCUT2D eigenvalue weighted by Crippen LogP contribution is 2.12. The summed E-state index contributed by atoms with van der Waals surface area (Å²) in [4.78, 5) is 0. The van der Waals surface area contributed by atoms with Crippen LogP contribution in [-0.4, -0.2) is 30.7 Å². The van der Waals surface area contributed by atoms with Crippen molar-refractivity contribution in [2.45, 2.75) is 25.4 Å². The zero-order valence-electron chi connectivity index (χ0n) is 6.15. The monoisotopic (exact) mass is 144 g/mol. The van der Waals surface area contributed by atoms with Crippen LogP contribution in [0.15, 0.2) is 12.2 Å². The van der Waals surface area contributed by atoms with Crippen molar-refractivity contribution in [2.75, 3.05) is 7.11 Å². The molecule has 0 saturated carbocycles. The van der Waals surface area contributed by atoms with E-state index in [4.69, 9.17) is 14.6 Å². The molecule has 0 aromatic heterocycles. The number of hydrogen-bond acceptors (Lipinski definition) is 3. The zero-order chi connectivity index (χ0) is 7.56. The second-order valence-electron chi connectivity index (χ2n) is 2.32. The molecule has 1 rings (SSSR count). The number of hydrogen-bond donors (Lipinski definition) is 1. The van der Waals surface area contributed by atoms with E-state index in [1.54, 1.807) is 12.2 Å². The normalized spacial score (nSPS) is 40.1. The Morgan fingerprint density at radius 2 is 2.20 bits per heavy atom. The van der Waals surface area contributed by atoms with Crippen LogP contribution in [0.1, 0.15) is 6.92 Å². The van der Waals surface area contributed by atoms with Crippen molar-refractivity contribution in [3.8, 4) is 0 Å². The number of aliphatic hydroxyl groups is 1. The van der Waals surface area contributed by atoms with Crippen LogP contribution in [0.4, 0.5) is 0 Å². The highest BCUT2D eigenvalue weighted by molar-refractivity contribution is 4.98. The molecule has 1 aliphatic rings. The maximum atomic E-state index is 9.15. The minimum atomic E-state index is -0.624. The zero-order valence-corrected chi connectivity index (χ0v) is 6.15. The van der Waals surface area contributed by atoms with Crippen molar-refractivity contribution in [3.05, 3.63) is 12.2 Å². The molecule has 1 heterocycles. The minimum Gasteiger partial charge on any atom is -0.384 e. The predicted octanol–water partition coefficient (Wildman–Crippen LogP) is 0.295. The second-order valence-corrected chi connectivity index (χ2v) is 2.32. The summed E-state index contributed by atoms with van der Waals surface area (Å²) in [5.74, 6) is 0. The second kappa shape index (κ2) is 3.14. The van der Waals surface area contributed by atoms with Gasteiger partial charge in [0, 0.05) is 7.11 Å². The SMILES string of the molecule is COC1OC(C)C=CC1O. The molecule has 0 aromatic rings. The fraction of sp³-hybridized carbons (Fsp3) is 0.714. The van der Waals surface area contributed by atoms with Crippen molar-refractivity contribution in [3.63, 3.8) is 0 Å². The molecule has 0 aliphatic carbocycles. The molecular weight excluding hydrogens is 132 g/mol. The van der Waals surface area contributed by atoms with Crippen LogP contribution in [0, 0.1) is 0 Å². The van der Waals surface area contributed by atoms with Crippen LogP contribution < -0.4 is 0 Å². The summed E-state index contributed by atoms with van der Waals surface area (Å²) >= 11 is 0. The Labute approximate surface area is 60.3 Å². The average molecular weight is 144 g/mol. The molecule has 3 atom stereocenters. The summed E-state index contributed by atoms with van der Waals surface area (Å²) in [6, 6.07) is 0. The molecule has 1 N–H and O–H groups in total. The van der Waals surface area contributed by atoms with Gasteiger partial charge in [-0.1, -0.05) is 12.2 Å². The number of ether oxygens (including phenoxy) is 2. The van der Waals surface area contributed by atoms with Gasteiger partial charge in [0.05, 0.1) is 6.10 Å². The Morgan fingerprint density at radius 1 is 1.50 bits per heavy atom. The lowest BCUT2D eigenvalue weighted by Crippen LogP contribution is -2.35. The predicted molar refractivity (Wildman–Crippen MR) is 36.5 cm³/mol. The minimum absolute atomic E-state index is 0.0355. The van der Waals surface area contributed by atoms with Crippen LogP contribution in [-0.2, 0) is 9.47 Å². The first-order valence-corrected chi connectivity index (χ1v) is 3.28. The molecule has 0 bridgehead atoms. The Balaban J connectivity index is 2.53. The molecule has 58 valence electrons. The van der Waals surface area contributed by atoms with Crippen LogP contribution in [0.5, 0.6) is 0 Å². The van der Waals surface area contributed by atoms with E-state index in [2.05, 4.69) is 0 Å². The molecule has 0 spiro atoms. The third-order valence-corrected chi connectivity index (χ3v) is 1.44. The van der Waals surface area contributed by atoms with E-state index in [1.807, 2.05) is 6.92 Å². The Hall–Kier alpha value is -0.380. The molecule has 0 fully saturated rings. The largest absolute Gasteiger partial charge is 0.384 e. The van der Waals surface area contributed by atoms with Gasteiger partial charge in [0.25, 0.3) is 0 Å². The standard InChI is InChI=1S/C7H12O3/c1-5-3-4-6(8)7(9-2)10-5/h3-8H,1-2H3. The van der Waals surface area contributed by atoms with E-state index in [0.29, 0.717) is 0 Å².